The lowest BCUT2D eigenvalue weighted by Gasteiger charge is -2.00. The molecule has 3 rings (SSSR count). The summed E-state index contributed by atoms with van der Waals surface area (Å²) in [6.07, 6.45) is 1.42. The molecule has 0 aliphatic carbocycles. The van der Waals surface area contributed by atoms with Crippen LogP contribution >= 0.6 is 15.9 Å². The van der Waals surface area contributed by atoms with Gasteiger partial charge < -0.3 is 4.42 Å². The van der Waals surface area contributed by atoms with Crippen molar-refractivity contribution in [2.24, 2.45) is 5.10 Å². The van der Waals surface area contributed by atoms with E-state index in [-0.39, 0.29) is 11.6 Å². The number of nitro groups is 1. The highest BCUT2D eigenvalue weighted by molar-refractivity contribution is 9.10. The van der Waals surface area contributed by atoms with E-state index in [1.807, 2.05) is 0 Å². The van der Waals surface area contributed by atoms with Gasteiger partial charge in [-0.05, 0) is 23.4 Å². The van der Waals surface area contributed by atoms with Crippen molar-refractivity contribution in [1.29, 1.82) is 0 Å². The molecule has 0 saturated heterocycles. The molecule has 0 amide bonds. The predicted molar refractivity (Wildman–Crippen MR) is 83.9 cm³/mol. The number of anilines is 1. The number of hydrazone groups is 1. The van der Waals surface area contributed by atoms with Crippen molar-refractivity contribution in [3.63, 3.8) is 0 Å². The van der Waals surface area contributed by atoms with Crippen LogP contribution in [0, 0.1) is 10.1 Å². The summed E-state index contributed by atoms with van der Waals surface area (Å²) in [5.41, 5.74) is 3.11. The van der Waals surface area contributed by atoms with Gasteiger partial charge in [-0.1, -0.05) is 21.0 Å². The average molecular weight is 378 g/mol. The Morgan fingerprint density at radius 1 is 1.39 bits per heavy atom. The molecule has 0 saturated carbocycles. The number of aromatic nitrogens is 4. The molecule has 2 N–H and O–H groups in total. The van der Waals surface area contributed by atoms with Crippen LogP contribution in [0.5, 0.6) is 0 Å². The molecule has 0 unspecified atom stereocenters. The molecule has 0 bridgehead atoms. The summed E-state index contributed by atoms with van der Waals surface area (Å²) in [5.74, 6) is 1.14. The van der Waals surface area contributed by atoms with Gasteiger partial charge in [-0.25, -0.2) is 5.43 Å². The van der Waals surface area contributed by atoms with Gasteiger partial charge in [0.1, 0.15) is 11.5 Å². The number of hydrogen-bond donors (Lipinski definition) is 2. The number of furan rings is 1. The third-order valence-corrected chi connectivity index (χ3v) is 3.45. The van der Waals surface area contributed by atoms with E-state index in [0.29, 0.717) is 21.6 Å². The van der Waals surface area contributed by atoms with Crippen molar-refractivity contribution in [2.75, 3.05) is 5.43 Å². The summed E-state index contributed by atoms with van der Waals surface area (Å²) in [7, 11) is 0. The summed E-state index contributed by atoms with van der Waals surface area (Å²) >= 11 is 3.35. The second-order valence-corrected chi connectivity index (χ2v) is 5.08. The molecule has 0 atom stereocenters. The van der Waals surface area contributed by atoms with Gasteiger partial charge in [0.25, 0.3) is 11.6 Å². The van der Waals surface area contributed by atoms with Crippen molar-refractivity contribution in [1.82, 2.24) is 20.6 Å². The van der Waals surface area contributed by atoms with Crippen molar-refractivity contribution in [3.8, 4) is 11.3 Å². The smallest absolute Gasteiger partial charge is 0.283 e. The van der Waals surface area contributed by atoms with Gasteiger partial charge in [0.15, 0.2) is 0 Å². The average Bonchev–Trinajstić information content (AvgIpc) is 3.19. The molecule has 0 fully saturated rings. The standard InChI is InChI=1S/C12H8BrN7O3/c13-10-3-1-7(20(21)22)5-9(10)11-4-2-8(23-11)6-14-15-12-16-18-19-17-12/h1-6H,(H2,15,16,17,18,19)/b14-6+. The lowest BCUT2D eigenvalue weighted by Crippen LogP contribution is -1.91. The summed E-state index contributed by atoms with van der Waals surface area (Å²) in [4.78, 5) is 10.4. The maximum absolute atomic E-state index is 10.9. The van der Waals surface area contributed by atoms with Crippen LogP contribution in [0.2, 0.25) is 0 Å². The number of halogens is 1. The third-order valence-electron chi connectivity index (χ3n) is 2.75. The highest BCUT2D eigenvalue weighted by Crippen LogP contribution is 2.32. The van der Waals surface area contributed by atoms with E-state index in [2.05, 4.69) is 47.1 Å². The molecule has 2 heterocycles. The zero-order valence-corrected chi connectivity index (χ0v) is 12.9. The SMILES string of the molecule is O=[N+]([O-])c1ccc(Br)c(-c2ccc(/C=N/Nc3nn[nH]n3)o2)c1. The maximum Gasteiger partial charge on any atom is 0.283 e. The van der Waals surface area contributed by atoms with Gasteiger partial charge in [-0.3, -0.25) is 10.1 Å². The van der Waals surface area contributed by atoms with E-state index in [9.17, 15) is 10.1 Å². The number of non-ortho nitro benzene ring substituents is 1. The normalized spacial score (nSPS) is 11.0. The molecule has 2 aromatic heterocycles. The number of aromatic amines is 1. The molecule has 116 valence electrons. The minimum absolute atomic E-state index is 0.0198. The first-order valence-electron chi connectivity index (χ1n) is 6.20. The first-order valence-corrected chi connectivity index (χ1v) is 6.99. The van der Waals surface area contributed by atoms with Crippen LogP contribution in [0.3, 0.4) is 0 Å². The Morgan fingerprint density at radius 3 is 3.00 bits per heavy atom. The van der Waals surface area contributed by atoms with E-state index in [0.717, 1.165) is 0 Å². The fourth-order valence-corrected chi connectivity index (χ4v) is 2.19. The van der Waals surface area contributed by atoms with Crippen LogP contribution in [0.25, 0.3) is 11.3 Å². The summed E-state index contributed by atoms with van der Waals surface area (Å²) in [6.45, 7) is 0. The number of nitro benzene ring substituents is 1. The number of benzene rings is 1. The molecule has 0 spiro atoms. The number of tetrazole rings is 1. The quantitative estimate of drug-likeness (QED) is 0.396. The van der Waals surface area contributed by atoms with E-state index in [4.69, 9.17) is 4.42 Å². The van der Waals surface area contributed by atoms with Crippen LogP contribution in [0.4, 0.5) is 11.6 Å². The van der Waals surface area contributed by atoms with E-state index < -0.39 is 4.92 Å². The first kappa shape index (κ1) is 14.8. The molecule has 10 nitrogen and oxygen atoms in total. The molecule has 23 heavy (non-hydrogen) atoms. The Labute approximate surface area is 136 Å². The van der Waals surface area contributed by atoms with Gasteiger partial charge in [0, 0.05) is 22.2 Å². The molecule has 0 aliphatic heterocycles. The fourth-order valence-electron chi connectivity index (χ4n) is 1.75. The van der Waals surface area contributed by atoms with Crippen LogP contribution < -0.4 is 5.43 Å². The minimum atomic E-state index is -0.462. The minimum Gasteiger partial charge on any atom is -0.455 e. The number of hydrogen-bond acceptors (Lipinski definition) is 8. The van der Waals surface area contributed by atoms with E-state index in [1.165, 1.54) is 18.3 Å². The summed E-state index contributed by atoms with van der Waals surface area (Å²) in [6, 6.07) is 7.82. The highest BCUT2D eigenvalue weighted by atomic mass is 79.9. The van der Waals surface area contributed by atoms with Crippen molar-refractivity contribution < 1.29 is 9.34 Å². The van der Waals surface area contributed by atoms with Crippen LogP contribution in [0.15, 0.2) is 44.3 Å². The molecule has 3 aromatic rings. The molecular weight excluding hydrogens is 370 g/mol. The molecule has 11 heteroatoms. The van der Waals surface area contributed by atoms with E-state index in [1.54, 1.807) is 18.2 Å². The third kappa shape index (κ3) is 3.40. The Morgan fingerprint density at radius 2 is 2.26 bits per heavy atom. The number of nitrogens with zero attached hydrogens (tertiary/aromatic N) is 5. The van der Waals surface area contributed by atoms with Gasteiger partial charge in [0.2, 0.25) is 0 Å². The zero-order chi connectivity index (χ0) is 16.2. The molecule has 1 aromatic carbocycles. The number of H-pyrrole nitrogens is 1. The topological polar surface area (TPSA) is 135 Å². The Kier molecular flexibility index (Phi) is 4.10. The van der Waals surface area contributed by atoms with Gasteiger partial charge in [-0.2, -0.15) is 10.3 Å². The lowest BCUT2D eigenvalue weighted by atomic mass is 10.1. The Balaban J connectivity index is 1.80. The van der Waals surface area contributed by atoms with Crippen LogP contribution in [-0.2, 0) is 0 Å². The van der Waals surface area contributed by atoms with Crippen molar-refractivity contribution in [3.05, 3.63) is 50.7 Å². The fraction of sp³-hybridized carbons (Fsp3) is 0. The van der Waals surface area contributed by atoms with Gasteiger partial charge in [0.05, 0.1) is 11.1 Å². The molecular formula is C12H8BrN7O3. The van der Waals surface area contributed by atoms with Crippen LogP contribution in [-0.4, -0.2) is 31.8 Å². The van der Waals surface area contributed by atoms with E-state index >= 15 is 0 Å². The number of rotatable bonds is 5. The Bertz CT molecular complexity index is 859. The van der Waals surface area contributed by atoms with Gasteiger partial charge >= 0.3 is 0 Å². The largest absolute Gasteiger partial charge is 0.455 e. The number of nitrogens with one attached hydrogen (secondary N) is 2. The van der Waals surface area contributed by atoms with Crippen LogP contribution in [0.1, 0.15) is 5.76 Å². The maximum atomic E-state index is 10.9. The summed E-state index contributed by atoms with van der Waals surface area (Å²) in [5, 5.41) is 27.7. The highest BCUT2D eigenvalue weighted by Gasteiger charge is 2.13. The van der Waals surface area contributed by atoms with Crippen molar-refractivity contribution >= 4 is 33.8 Å². The Hall–Kier alpha value is -3.08. The molecule has 0 radical (unpaired) electrons. The summed E-state index contributed by atoms with van der Waals surface area (Å²) < 4.78 is 6.28. The second-order valence-electron chi connectivity index (χ2n) is 4.23. The second kappa shape index (κ2) is 6.36. The van der Waals surface area contributed by atoms with Gasteiger partial charge in [-0.15, -0.1) is 5.10 Å². The lowest BCUT2D eigenvalue weighted by molar-refractivity contribution is -0.384. The van der Waals surface area contributed by atoms with Crippen molar-refractivity contribution in [2.45, 2.75) is 0 Å². The monoisotopic (exact) mass is 377 g/mol. The predicted octanol–water partition coefficient (Wildman–Crippen LogP) is 2.58. The zero-order valence-electron chi connectivity index (χ0n) is 11.3. The first-order chi connectivity index (χ1) is 11.1. The molecule has 0 aliphatic rings.